The molecule has 3 heterocycles. The fourth-order valence-corrected chi connectivity index (χ4v) is 3.81. The number of hydrogen-bond donors (Lipinski definition) is 6. The van der Waals surface area contributed by atoms with Crippen LogP contribution in [0.4, 0.5) is 23.5 Å². The third-order valence-electron chi connectivity index (χ3n) is 5.38. The second-order valence-electron chi connectivity index (χ2n) is 8.03. The number of β-amino-alcohol motifs (C(OH)–C–C–N with tert-alkyl or cyclic N) is 2. The molecule has 2 aliphatic heterocycles. The van der Waals surface area contributed by atoms with Gasteiger partial charge in [0.25, 0.3) is 0 Å². The van der Waals surface area contributed by atoms with Gasteiger partial charge in [0, 0.05) is 49.5 Å². The Hall–Kier alpha value is -3.06. The number of nitrogens with one attached hydrogen (secondary N) is 1. The lowest BCUT2D eigenvalue weighted by atomic mass is 10.0. The number of anilines is 4. The molecule has 4 atom stereocenters. The average molecular weight is 429 g/mol. The first-order valence-electron chi connectivity index (χ1n) is 10.1. The van der Waals surface area contributed by atoms with Gasteiger partial charge in [-0.25, -0.2) is 0 Å². The summed E-state index contributed by atoms with van der Waals surface area (Å²) < 4.78 is 0. The van der Waals surface area contributed by atoms with Gasteiger partial charge in [-0.15, -0.1) is 0 Å². The minimum Gasteiger partial charge on any atom is -0.388 e. The molecule has 2 aromatic rings. The normalized spacial score (nSPS) is 26.2. The molecule has 0 aliphatic carbocycles. The molecule has 9 N–H and O–H groups in total. The Balaban J connectivity index is 1.64. The van der Waals surface area contributed by atoms with Crippen molar-refractivity contribution in [1.82, 2.24) is 15.0 Å². The molecule has 1 amide bonds. The Kier molecular flexibility index (Phi) is 5.87. The number of rotatable bonds is 5. The third kappa shape index (κ3) is 4.82. The molecule has 1 aromatic heterocycles. The highest BCUT2D eigenvalue weighted by Crippen LogP contribution is 2.24. The van der Waals surface area contributed by atoms with Gasteiger partial charge in [-0.1, -0.05) is 0 Å². The molecule has 0 radical (unpaired) electrons. The lowest BCUT2D eigenvalue weighted by Crippen LogP contribution is -2.53. The highest BCUT2D eigenvalue weighted by Gasteiger charge is 2.32. The van der Waals surface area contributed by atoms with Gasteiger partial charge in [-0.3, -0.25) is 4.79 Å². The van der Waals surface area contributed by atoms with Crippen molar-refractivity contribution in [2.24, 2.45) is 17.2 Å². The Morgan fingerprint density at radius 3 is 1.94 bits per heavy atom. The van der Waals surface area contributed by atoms with Gasteiger partial charge >= 0.3 is 0 Å². The van der Waals surface area contributed by atoms with E-state index in [1.807, 2.05) is 4.90 Å². The van der Waals surface area contributed by atoms with Gasteiger partial charge in [0.1, 0.15) is 0 Å². The molecule has 0 bridgehead atoms. The lowest BCUT2D eigenvalue weighted by molar-refractivity contribution is 0.0572. The Labute approximate surface area is 179 Å². The Morgan fingerprint density at radius 1 is 0.903 bits per heavy atom. The number of benzene rings is 1. The molecular weight excluding hydrogens is 402 g/mol. The summed E-state index contributed by atoms with van der Waals surface area (Å²) >= 11 is 0. The van der Waals surface area contributed by atoms with E-state index in [9.17, 15) is 15.0 Å². The number of nitrogens with zero attached hydrogens (tertiary/aromatic N) is 5. The van der Waals surface area contributed by atoms with Crippen molar-refractivity contribution < 1.29 is 15.0 Å². The third-order valence-corrected chi connectivity index (χ3v) is 5.38. The maximum Gasteiger partial charge on any atom is 0.248 e. The SMILES string of the molecule is NC(=O)c1ccc(Nc2nc(N3C[C@H](N)C[C@H](N)C3)nc(N3C[C@@H](O)[C@@H](O)C3)n2)cc1. The highest BCUT2D eigenvalue weighted by atomic mass is 16.3. The summed E-state index contributed by atoms with van der Waals surface area (Å²) in [5.74, 6) is 0.489. The van der Waals surface area contributed by atoms with E-state index in [1.165, 1.54) is 0 Å². The molecule has 0 unspecified atom stereocenters. The van der Waals surface area contributed by atoms with Crippen molar-refractivity contribution in [3.63, 3.8) is 0 Å². The smallest absolute Gasteiger partial charge is 0.248 e. The summed E-state index contributed by atoms with van der Waals surface area (Å²) in [4.78, 5) is 28.4. The largest absolute Gasteiger partial charge is 0.388 e. The van der Waals surface area contributed by atoms with Crippen LogP contribution in [-0.2, 0) is 0 Å². The van der Waals surface area contributed by atoms with Crippen LogP contribution >= 0.6 is 0 Å². The number of primary amides is 1. The van der Waals surface area contributed by atoms with Crippen LogP contribution in [0.25, 0.3) is 0 Å². The summed E-state index contributed by atoms with van der Waals surface area (Å²) in [7, 11) is 0. The zero-order valence-electron chi connectivity index (χ0n) is 16.9. The van der Waals surface area contributed by atoms with Crippen LogP contribution in [0.15, 0.2) is 24.3 Å². The van der Waals surface area contributed by atoms with Crippen LogP contribution in [0.3, 0.4) is 0 Å². The molecule has 2 saturated heterocycles. The minimum atomic E-state index is -0.880. The second kappa shape index (κ2) is 8.59. The first-order chi connectivity index (χ1) is 14.8. The quantitative estimate of drug-likeness (QED) is 0.311. The van der Waals surface area contributed by atoms with Gasteiger partial charge < -0.3 is 42.5 Å². The molecule has 12 nitrogen and oxygen atoms in total. The maximum absolute atomic E-state index is 11.3. The molecular formula is C19H27N9O3. The summed E-state index contributed by atoms with van der Waals surface area (Å²) in [6.07, 6.45) is -1.04. The van der Waals surface area contributed by atoms with Crippen molar-refractivity contribution in [2.75, 3.05) is 41.3 Å². The van der Waals surface area contributed by atoms with Crippen molar-refractivity contribution in [3.8, 4) is 0 Å². The highest BCUT2D eigenvalue weighted by molar-refractivity contribution is 5.93. The van der Waals surface area contributed by atoms with Gasteiger partial charge in [-0.05, 0) is 30.7 Å². The predicted octanol–water partition coefficient (Wildman–Crippen LogP) is -1.88. The Morgan fingerprint density at radius 2 is 1.42 bits per heavy atom. The molecule has 0 spiro atoms. The number of nitrogens with two attached hydrogens (primary N) is 3. The van der Waals surface area contributed by atoms with Gasteiger partial charge in [0.15, 0.2) is 0 Å². The number of hydrogen-bond acceptors (Lipinski definition) is 11. The van der Waals surface area contributed by atoms with E-state index in [1.54, 1.807) is 29.2 Å². The fourth-order valence-electron chi connectivity index (χ4n) is 3.81. The molecule has 4 rings (SSSR count). The van der Waals surface area contributed by atoms with Crippen LogP contribution in [0.2, 0.25) is 0 Å². The maximum atomic E-state index is 11.3. The average Bonchev–Trinajstić information content (AvgIpc) is 3.06. The minimum absolute atomic E-state index is 0.0999. The first-order valence-corrected chi connectivity index (χ1v) is 10.1. The second-order valence-corrected chi connectivity index (χ2v) is 8.03. The zero-order valence-corrected chi connectivity index (χ0v) is 16.9. The van der Waals surface area contributed by atoms with Crippen LogP contribution in [0.5, 0.6) is 0 Å². The summed E-state index contributed by atoms with van der Waals surface area (Å²) in [6, 6.07) is 6.39. The molecule has 31 heavy (non-hydrogen) atoms. The Bertz CT molecular complexity index is 922. The molecule has 0 saturated carbocycles. The molecule has 1 aromatic carbocycles. The van der Waals surface area contributed by atoms with Crippen molar-refractivity contribution >= 4 is 29.4 Å². The topological polar surface area (TPSA) is 193 Å². The molecule has 12 heteroatoms. The molecule has 2 fully saturated rings. The van der Waals surface area contributed by atoms with Gasteiger partial charge in [0.05, 0.1) is 12.2 Å². The van der Waals surface area contributed by atoms with Crippen LogP contribution < -0.4 is 32.3 Å². The van der Waals surface area contributed by atoms with Crippen LogP contribution in [0, 0.1) is 0 Å². The summed E-state index contributed by atoms with van der Waals surface area (Å²) in [5.41, 5.74) is 18.6. The van der Waals surface area contributed by atoms with E-state index in [-0.39, 0.29) is 31.1 Å². The summed E-state index contributed by atoms with van der Waals surface area (Å²) in [5, 5.41) is 23.0. The first kappa shape index (κ1) is 21.2. The molecule has 2 aliphatic rings. The van der Waals surface area contributed by atoms with Crippen LogP contribution in [-0.4, -0.2) is 81.5 Å². The molecule has 166 valence electrons. The number of aromatic nitrogens is 3. The summed E-state index contributed by atoms with van der Waals surface area (Å²) in [6.45, 7) is 1.51. The van der Waals surface area contributed by atoms with Gasteiger partial charge in [0.2, 0.25) is 23.8 Å². The van der Waals surface area contributed by atoms with E-state index in [0.717, 1.165) is 6.42 Å². The number of aliphatic hydroxyl groups is 2. The van der Waals surface area contributed by atoms with E-state index in [4.69, 9.17) is 17.2 Å². The number of piperidine rings is 1. The number of carbonyl (C=O) groups excluding carboxylic acids is 1. The van der Waals surface area contributed by atoms with Gasteiger partial charge in [-0.2, -0.15) is 15.0 Å². The predicted molar refractivity (Wildman–Crippen MR) is 115 cm³/mol. The van der Waals surface area contributed by atoms with Crippen LogP contribution in [0.1, 0.15) is 16.8 Å². The van der Waals surface area contributed by atoms with E-state index in [0.29, 0.717) is 36.2 Å². The number of carbonyl (C=O) groups is 1. The monoisotopic (exact) mass is 429 g/mol. The number of aliphatic hydroxyl groups excluding tert-OH is 2. The van der Waals surface area contributed by atoms with E-state index in [2.05, 4.69) is 20.3 Å². The number of amides is 1. The van der Waals surface area contributed by atoms with E-state index < -0.39 is 18.1 Å². The van der Waals surface area contributed by atoms with Crippen molar-refractivity contribution in [2.45, 2.75) is 30.7 Å². The standard InChI is InChI=1S/C19H27N9O3/c20-11-5-12(21)7-27(6-11)18-24-17(23-13-3-1-10(2-4-13)16(22)31)25-19(26-18)28-8-14(29)15(30)9-28/h1-4,11-12,14-15,29-30H,5-9,20-21H2,(H2,22,31)(H,23,24,25,26)/t11-,12+,14-,15+. The van der Waals surface area contributed by atoms with Crippen molar-refractivity contribution in [1.29, 1.82) is 0 Å². The fraction of sp³-hybridized carbons (Fsp3) is 0.474. The van der Waals surface area contributed by atoms with Crippen molar-refractivity contribution in [3.05, 3.63) is 29.8 Å². The lowest BCUT2D eigenvalue weighted by Gasteiger charge is -2.35. The van der Waals surface area contributed by atoms with E-state index >= 15 is 0 Å². The zero-order chi connectivity index (χ0) is 22.1.